The molecule has 2 aliphatic heterocycles. The van der Waals surface area contributed by atoms with E-state index in [9.17, 15) is 10.2 Å². The van der Waals surface area contributed by atoms with Crippen molar-refractivity contribution in [2.75, 3.05) is 26.4 Å². The standard InChI is InChI=1S/C19H29NO6/c21-16-6-2-8-25-18(16)12-23-10-14-4-1-5-15(20-14)11-24-13-19-17(22)7-3-9-26-19/h1,4-5,16-19,21-22H,2-3,6-13H2/t16-,17-,18+,19+/m0/s1. The van der Waals surface area contributed by atoms with Crippen LogP contribution < -0.4 is 0 Å². The highest BCUT2D eigenvalue weighted by Crippen LogP contribution is 2.16. The summed E-state index contributed by atoms with van der Waals surface area (Å²) < 4.78 is 22.4. The van der Waals surface area contributed by atoms with Crippen molar-refractivity contribution in [3.63, 3.8) is 0 Å². The summed E-state index contributed by atoms with van der Waals surface area (Å²) in [5, 5.41) is 19.7. The Morgan fingerprint density at radius 2 is 1.38 bits per heavy atom. The lowest BCUT2D eigenvalue weighted by Gasteiger charge is -2.27. The summed E-state index contributed by atoms with van der Waals surface area (Å²) in [6.45, 7) is 2.81. The molecule has 3 rings (SSSR count). The van der Waals surface area contributed by atoms with Crippen molar-refractivity contribution in [2.24, 2.45) is 0 Å². The van der Waals surface area contributed by atoms with Gasteiger partial charge in [0, 0.05) is 13.2 Å². The quantitative estimate of drug-likeness (QED) is 0.713. The number of aliphatic hydroxyl groups is 2. The molecule has 0 aromatic carbocycles. The third-order valence-electron chi connectivity index (χ3n) is 4.74. The molecule has 0 aliphatic carbocycles. The van der Waals surface area contributed by atoms with Crippen LogP contribution in [-0.4, -0.2) is 66.0 Å². The first-order valence-electron chi connectivity index (χ1n) is 9.42. The van der Waals surface area contributed by atoms with Gasteiger partial charge in [0.25, 0.3) is 0 Å². The van der Waals surface area contributed by atoms with Crippen LogP contribution in [0.25, 0.3) is 0 Å². The molecular formula is C19H29NO6. The maximum Gasteiger partial charge on any atom is 0.107 e. The van der Waals surface area contributed by atoms with E-state index in [-0.39, 0.29) is 12.2 Å². The van der Waals surface area contributed by atoms with E-state index < -0.39 is 12.2 Å². The second-order valence-corrected chi connectivity index (χ2v) is 6.89. The van der Waals surface area contributed by atoms with Crippen molar-refractivity contribution in [3.05, 3.63) is 29.6 Å². The second kappa shape index (κ2) is 10.3. The monoisotopic (exact) mass is 367 g/mol. The topological polar surface area (TPSA) is 90.3 Å². The van der Waals surface area contributed by atoms with E-state index in [1.54, 1.807) is 0 Å². The number of hydrogen-bond donors (Lipinski definition) is 2. The highest BCUT2D eigenvalue weighted by molar-refractivity contribution is 5.10. The summed E-state index contributed by atoms with van der Waals surface area (Å²) in [5.41, 5.74) is 1.62. The van der Waals surface area contributed by atoms with Gasteiger partial charge in [0.1, 0.15) is 12.2 Å². The fourth-order valence-corrected chi connectivity index (χ4v) is 3.22. The molecule has 0 bridgehead atoms. The highest BCUT2D eigenvalue weighted by Gasteiger charge is 2.24. The Morgan fingerprint density at radius 3 is 1.85 bits per heavy atom. The third kappa shape index (κ3) is 5.97. The first-order valence-corrected chi connectivity index (χ1v) is 9.42. The van der Waals surface area contributed by atoms with Gasteiger partial charge in [-0.15, -0.1) is 0 Å². The van der Waals surface area contributed by atoms with E-state index in [4.69, 9.17) is 18.9 Å². The van der Waals surface area contributed by atoms with Crippen LogP contribution in [0.4, 0.5) is 0 Å². The maximum atomic E-state index is 9.87. The number of pyridine rings is 1. The Hall–Kier alpha value is -1.09. The largest absolute Gasteiger partial charge is 0.390 e. The lowest BCUT2D eigenvalue weighted by atomic mass is 10.1. The van der Waals surface area contributed by atoms with Crippen LogP contribution in [0.3, 0.4) is 0 Å². The Balaban J connectivity index is 1.38. The molecule has 0 unspecified atom stereocenters. The molecule has 146 valence electrons. The van der Waals surface area contributed by atoms with Gasteiger partial charge in [0.15, 0.2) is 0 Å². The first kappa shape index (κ1) is 19.7. The number of aliphatic hydroxyl groups excluding tert-OH is 2. The fraction of sp³-hybridized carbons (Fsp3) is 0.737. The molecule has 7 nitrogen and oxygen atoms in total. The van der Waals surface area contributed by atoms with Crippen LogP contribution in [0.2, 0.25) is 0 Å². The van der Waals surface area contributed by atoms with Crippen LogP contribution in [0.15, 0.2) is 18.2 Å². The van der Waals surface area contributed by atoms with Gasteiger partial charge < -0.3 is 29.2 Å². The predicted octanol–water partition coefficient (Wildman–Crippen LogP) is 1.19. The third-order valence-corrected chi connectivity index (χ3v) is 4.74. The van der Waals surface area contributed by atoms with Gasteiger partial charge in [0.2, 0.25) is 0 Å². The van der Waals surface area contributed by atoms with Crippen molar-refractivity contribution >= 4 is 0 Å². The minimum Gasteiger partial charge on any atom is -0.390 e. The van der Waals surface area contributed by atoms with Crippen molar-refractivity contribution in [1.29, 1.82) is 0 Å². The zero-order valence-corrected chi connectivity index (χ0v) is 15.1. The van der Waals surface area contributed by atoms with Crippen LogP contribution in [0.1, 0.15) is 37.1 Å². The van der Waals surface area contributed by atoms with E-state index in [0.29, 0.717) is 39.6 Å². The van der Waals surface area contributed by atoms with Crippen molar-refractivity contribution in [3.8, 4) is 0 Å². The smallest absolute Gasteiger partial charge is 0.107 e. The molecule has 7 heteroatoms. The van der Waals surface area contributed by atoms with Gasteiger partial charge in [-0.2, -0.15) is 0 Å². The van der Waals surface area contributed by atoms with Crippen molar-refractivity contribution in [2.45, 2.75) is 63.3 Å². The van der Waals surface area contributed by atoms with Gasteiger partial charge >= 0.3 is 0 Å². The minimum absolute atomic E-state index is 0.253. The van der Waals surface area contributed by atoms with Gasteiger partial charge in [-0.3, -0.25) is 4.98 Å². The summed E-state index contributed by atoms with van der Waals surface area (Å²) in [4.78, 5) is 4.52. The molecule has 1 aromatic rings. The van der Waals surface area contributed by atoms with Crippen LogP contribution in [-0.2, 0) is 32.2 Å². The van der Waals surface area contributed by atoms with E-state index in [0.717, 1.165) is 37.1 Å². The molecule has 2 aliphatic rings. The molecule has 26 heavy (non-hydrogen) atoms. The Morgan fingerprint density at radius 1 is 0.885 bits per heavy atom. The Labute approximate surface area is 154 Å². The van der Waals surface area contributed by atoms with Crippen molar-refractivity contribution < 1.29 is 29.2 Å². The number of ether oxygens (including phenoxy) is 4. The minimum atomic E-state index is -0.450. The zero-order chi connectivity index (χ0) is 18.2. The highest BCUT2D eigenvalue weighted by atomic mass is 16.5. The summed E-state index contributed by atoms with van der Waals surface area (Å²) in [6.07, 6.45) is 1.91. The normalized spacial score (nSPS) is 29.6. The predicted molar refractivity (Wildman–Crippen MR) is 93.5 cm³/mol. The lowest BCUT2D eigenvalue weighted by molar-refractivity contribution is -0.110. The molecule has 0 radical (unpaired) electrons. The van der Waals surface area contributed by atoms with Gasteiger partial charge in [-0.05, 0) is 37.8 Å². The van der Waals surface area contributed by atoms with Crippen LogP contribution in [0.5, 0.6) is 0 Å². The Bertz CT molecular complexity index is 499. The first-order chi connectivity index (χ1) is 12.7. The molecule has 2 saturated heterocycles. The number of nitrogens with zero attached hydrogens (tertiary/aromatic N) is 1. The molecule has 0 amide bonds. The van der Waals surface area contributed by atoms with Crippen LogP contribution in [0, 0.1) is 0 Å². The number of rotatable bonds is 8. The van der Waals surface area contributed by atoms with Crippen LogP contribution >= 0.6 is 0 Å². The maximum absolute atomic E-state index is 9.87. The number of hydrogen-bond acceptors (Lipinski definition) is 7. The number of aromatic nitrogens is 1. The summed E-state index contributed by atoms with van der Waals surface area (Å²) in [7, 11) is 0. The molecule has 2 fully saturated rings. The van der Waals surface area contributed by atoms with E-state index >= 15 is 0 Å². The fourth-order valence-electron chi connectivity index (χ4n) is 3.22. The Kier molecular flexibility index (Phi) is 7.79. The van der Waals surface area contributed by atoms with Gasteiger partial charge in [-0.1, -0.05) is 6.07 Å². The molecule has 1 aromatic heterocycles. The summed E-state index contributed by atoms with van der Waals surface area (Å²) >= 11 is 0. The van der Waals surface area contributed by atoms with E-state index in [2.05, 4.69) is 4.98 Å². The lowest BCUT2D eigenvalue weighted by Crippen LogP contribution is -2.37. The molecule has 2 N–H and O–H groups in total. The summed E-state index contributed by atoms with van der Waals surface area (Å²) in [6, 6.07) is 5.72. The van der Waals surface area contributed by atoms with Gasteiger partial charge in [-0.25, -0.2) is 0 Å². The van der Waals surface area contributed by atoms with Gasteiger partial charge in [0.05, 0.1) is 50.0 Å². The summed E-state index contributed by atoms with van der Waals surface area (Å²) in [5.74, 6) is 0. The molecular weight excluding hydrogens is 338 g/mol. The second-order valence-electron chi connectivity index (χ2n) is 6.89. The molecule has 0 saturated carbocycles. The zero-order valence-electron chi connectivity index (χ0n) is 15.1. The molecule has 0 spiro atoms. The van der Waals surface area contributed by atoms with E-state index in [1.165, 1.54) is 0 Å². The average Bonchev–Trinajstić information content (AvgIpc) is 2.65. The van der Waals surface area contributed by atoms with E-state index in [1.807, 2.05) is 18.2 Å². The molecule has 3 heterocycles. The SMILES string of the molecule is O[C@H]1CCCO[C@@H]1COCc1cccc(COC[C@H]2OCCC[C@@H]2O)n1. The molecule has 4 atom stereocenters. The average molecular weight is 367 g/mol. The van der Waals surface area contributed by atoms with Crippen molar-refractivity contribution in [1.82, 2.24) is 4.98 Å².